The van der Waals surface area contributed by atoms with Gasteiger partial charge in [-0.1, -0.05) is 48.5 Å². The zero-order valence-corrected chi connectivity index (χ0v) is 29.2. The largest absolute Gasteiger partial charge is 0.478 e. The molecule has 1 saturated heterocycles. The molecule has 2 aromatic carbocycles. The summed E-state index contributed by atoms with van der Waals surface area (Å²) < 4.78 is 0. The van der Waals surface area contributed by atoms with E-state index in [1.54, 1.807) is 0 Å². The van der Waals surface area contributed by atoms with Crippen molar-refractivity contribution in [3.05, 3.63) is 107 Å². The molecule has 2 aromatic rings. The highest BCUT2D eigenvalue weighted by Crippen LogP contribution is 2.22. The van der Waals surface area contributed by atoms with E-state index in [0.717, 1.165) is 65.2 Å². The molecule has 53 heavy (non-hydrogen) atoms. The Labute approximate surface area is 306 Å². The summed E-state index contributed by atoms with van der Waals surface area (Å²) in [6.45, 7) is 9.95. The van der Waals surface area contributed by atoms with Gasteiger partial charge in [0.1, 0.15) is 0 Å². The van der Waals surface area contributed by atoms with Crippen molar-refractivity contribution in [1.29, 1.82) is 0 Å². The van der Waals surface area contributed by atoms with Crippen molar-refractivity contribution in [1.82, 2.24) is 14.7 Å². The Kier molecular flexibility index (Phi) is 22.4. The van der Waals surface area contributed by atoms with Gasteiger partial charge in [0, 0.05) is 88.8 Å². The lowest BCUT2D eigenvalue weighted by Gasteiger charge is -2.34. The second-order valence-corrected chi connectivity index (χ2v) is 11.5. The third kappa shape index (κ3) is 22.7. The first-order valence-corrected chi connectivity index (χ1v) is 16.5. The number of piperazine rings is 1. The molecule has 0 bridgehead atoms. The van der Waals surface area contributed by atoms with E-state index in [-0.39, 0.29) is 6.61 Å². The van der Waals surface area contributed by atoms with Gasteiger partial charge >= 0.3 is 35.8 Å². The van der Waals surface area contributed by atoms with Crippen LogP contribution in [0, 0.1) is 0 Å². The van der Waals surface area contributed by atoms with E-state index in [0.29, 0.717) is 36.5 Å². The molecular weight excluding hydrogens is 694 g/mol. The molecule has 0 radical (unpaired) electrons. The summed E-state index contributed by atoms with van der Waals surface area (Å²) in [6.07, 6.45) is 6.84. The van der Waals surface area contributed by atoms with Crippen LogP contribution in [-0.2, 0) is 54.7 Å². The van der Waals surface area contributed by atoms with Crippen LogP contribution in [0.2, 0.25) is 0 Å². The highest BCUT2D eigenvalue weighted by atomic mass is 16.4. The Morgan fingerprint density at radius 2 is 0.736 bits per heavy atom. The monoisotopic (exact) mass is 741 g/mol. The van der Waals surface area contributed by atoms with Crippen LogP contribution in [0.5, 0.6) is 0 Å². The number of hydrogen-bond donors (Lipinski definition) is 7. The Balaban J connectivity index is 0.000000477. The number of β-amino-alcohol motifs (C(OH)–C–C–N with tert-alkyl or cyclic N) is 1. The van der Waals surface area contributed by atoms with Crippen LogP contribution in [0.1, 0.15) is 28.7 Å². The van der Waals surface area contributed by atoms with Gasteiger partial charge in [0.15, 0.2) is 0 Å². The molecule has 0 saturated carbocycles. The number of benzene rings is 2. The summed E-state index contributed by atoms with van der Waals surface area (Å²) in [6, 6.07) is 18.0. The average molecular weight is 742 g/mol. The Hall–Kier alpha value is -5.68. The van der Waals surface area contributed by atoms with Crippen molar-refractivity contribution in [2.45, 2.75) is 32.4 Å². The predicted octanol–water partition coefficient (Wildman–Crippen LogP) is 1.92. The van der Waals surface area contributed by atoms with Crippen LogP contribution >= 0.6 is 0 Å². The molecule has 288 valence electrons. The Morgan fingerprint density at radius 3 is 1.04 bits per heavy atom. The number of aliphatic hydroxyl groups is 1. The van der Waals surface area contributed by atoms with Crippen LogP contribution in [0.3, 0.4) is 0 Å². The quantitative estimate of drug-likeness (QED) is 0.153. The summed E-state index contributed by atoms with van der Waals surface area (Å²) in [5.74, 6) is -7.54. The minimum atomic E-state index is -1.26. The van der Waals surface area contributed by atoms with Crippen LogP contribution in [0.4, 0.5) is 0 Å². The lowest BCUT2D eigenvalue weighted by molar-refractivity contribution is -0.134. The Morgan fingerprint density at radius 1 is 0.453 bits per heavy atom. The molecule has 7 N–H and O–H groups in total. The molecule has 16 heteroatoms. The van der Waals surface area contributed by atoms with Gasteiger partial charge in [0.05, 0.1) is 6.61 Å². The van der Waals surface area contributed by atoms with E-state index in [1.807, 2.05) is 0 Å². The van der Waals surface area contributed by atoms with Crippen molar-refractivity contribution >= 4 is 35.8 Å². The number of aliphatic carboxylic acids is 6. The topological polar surface area (TPSA) is 254 Å². The van der Waals surface area contributed by atoms with Crippen molar-refractivity contribution in [2.75, 3.05) is 52.4 Å². The smallest absolute Gasteiger partial charge is 0.328 e. The molecule has 0 amide bonds. The van der Waals surface area contributed by atoms with Crippen LogP contribution < -0.4 is 0 Å². The van der Waals surface area contributed by atoms with Crippen LogP contribution in [0.15, 0.2) is 85.0 Å². The zero-order valence-electron chi connectivity index (χ0n) is 29.2. The van der Waals surface area contributed by atoms with Crippen molar-refractivity contribution in [3.63, 3.8) is 0 Å². The summed E-state index contributed by atoms with van der Waals surface area (Å²) in [5.41, 5.74) is 6.01. The maximum Gasteiger partial charge on any atom is 0.328 e. The van der Waals surface area contributed by atoms with Gasteiger partial charge in [-0.05, 0) is 48.1 Å². The first-order chi connectivity index (χ1) is 25.2. The number of rotatable bonds is 12. The highest BCUT2D eigenvalue weighted by molar-refractivity contribution is 5.90. The number of aryl methyl sites for hydroxylation is 2. The Bertz CT molecular complexity index is 1400. The maximum absolute atomic E-state index is 9.55. The summed E-state index contributed by atoms with van der Waals surface area (Å²) in [7, 11) is 0. The lowest BCUT2D eigenvalue weighted by atomic mass is 9.98. The van der Waals surface area contributed by atoms with E-state index in [2.05, 4.69) is 63.2 Å². The molecule has 2 aliphatic rings. The number of nitrogens with zero attached hydrogens (tertiary/aromatic N) is 3. The van der Waals surface area contributed by atoms with Crippen LogP contribution in [0.25, 0.3) is 0 Å². The van der Waals surface area contributed by atoms with Gasteiger partial charge in [-0.3, -0.25) is 9.80 Å². The van der Waals surface area contributed by atoms with E-state index in [4.69, 9.17) is 35.7 Å². The first-order valence-electron chi connectivity index (χ1n) is 16.5. The molecule has 0 aliphatic carbocycles. The van der Waals surface area contributed by atoms with Crippen molar-refractivity contribution in [2.24, 2.45) is 0 Å². The normalized spacial score (nSPS) is 14.7. The SMILES string of the molecule is O=C(O)/C=C\C(=O)O.O=C(O)/C=C\C(=O)O.O=C(O)/C=C\C(=O)O.OCCN1CCN(CCCN2Cc3ccccc3CCc3ccccc3C2)CC1. The lowest BCUT2D eigenvalue weighted by Crippen LogP contribution is -2.47. The number of carboxylic acids is 6. The molecule has 0 spiro atoms. The average Bonchev–Trinajstić information content (AvgIpc) is 3.18. The van der Waals surface area contributed by atoms with Gasteiger partial charge in [-0.15, -0.1) is 0 Å². The van der Waals surface area contributed by atoms with E-state index >= 15 is 0 Å². The van der Waals surface area contributed by atoms with Crippen LogP contribution in [-0.4, -0.2) is 139 Å². The first kappa shape index (κ1) is 45.3. The fourth-order valence-corrected chi connectivity index (χ4v) is 5.20. The van der Waals surface area contributed by atoms with Gasteiger partial charge in [-0.2, -0.15) is 0 Å². The number of aliphatic hydroxyl groups excluding tert-OH is 1. The molecule has 0 unspecified atom stereocenters. The van der Waals surface area contributed by atoms with E-state index in [1.165, 1.54) is 35.2 Å². The molecule has 2 heterocycles. The molecule has 0 atom stereocenters. The predicted molar refractivity (Wildman–Crippen MR) is 192 cm³/mol. The van der Waals surface area contributed by atoms with Crippen molar-refractivity contribution in [3.8, 4) is 0 Å². The third-order valence-corrected chi connectivity index (χ3v) is 7.62. The second-order valence-electron chi connectivity index (χ2n) is 11.5. The summed E-state index contributed by atoms with van der Waals surface area (Å²) in [5, 5.41) is 56.0. The van der Waals surface area contributed by atoms with Gasteiger partial charge in [-0.25, -0.2) is 28.8 Å². The maximum atomic E-state index is 9.55. The molecule has 0 aromatic heterocycles. The zero-order chi connectivity index (χ0) is 39.6. The van der Waals surface area contributed by atoms with E-state index < -0.39 is 35.8 Å². The number of hydrogen-bond acceptors (Lipinski definition) is 10. The standard InChI is InChI=1S/C25H35N3O.3C4H4O4/c29-19-18-27-16-14-26(15-17-27)12-5-13-28-20-24-8-3-1-6-22(24)10-11-23-7-2-4-9-25(23)21-28;3*5-3(6)1-2-4(7)8/h1-4,6-9,29H,5,10-21H2;3*1-2H,(H,5,6)(H,7,8)/b;3*2-1-. The molecule has 1 fully saturated rings. The second kappa shape index (κ2) is 26.1. The number of carboxylic acid groups (broad SMARTS) is 6. The fraction of sp³-hybridized carbons (Fsp3) is 0.351. The molecule has 16 nitrogen and oxygen atoms in total. The minimum absolute atomic E-state index is 0.276. The molecular formula is C37H47N3O13. The van der Waals surface area contributed by atoms with E-state index in [9.17, 15) is 28.8 Å². The third-order valence-electron chi connectivity index (χ3n) is 7.62. The van der Waals surface area contributed by atoms with Gasteiger partial charge in [0.2, 0.25) is 0 Å². The minimum Gasteiger partial charge on any atom is -0.478 e. The van der Waals surface area contributed by atoms with Gasteiger partial charge < -0.3 is 40.6 Å². The molecule has 2 aliphatic heterocycles. The summed E-state index contributed by atoms with van der Waals surface area (Å²) in [4.78, 5) is 64.9. The summed E-state index contributed by atoms with van der Waals surface area (Å²) >= 11 is 0. The van der Waals surface area contributed by atoms with Gasteiger partial charge in [0.25, 0.3) is 0 Å². The van der Waals surface area contributed by atoms with Crippen molar-refractivity contribution < 1.29 is 64.5 Å². The highest BCUT2D eigenvalue weighted by Gasteiger charge is 2.18. The molecule has 4 rings (SSSR count). The fourth-order valence-electron chi connectivity index (χ4n) is 5.20. The number of fused-ring (bicyclic) bond motifs is 2. The number of carbonyl (C=O) groups is 6.